The molecule has 1 aromatic rings. The molecule has 1 N–H and O–H groups in total. The predicted molar refractivity (Wildman–Crippen MR) is 111 cm³/mol. The van der Waals surface area contributed by atoms with Crippen LogP contribution in [0.5, 0.6) is 0 Å². The number of anilines is 1. The van der Waals surface area contributed by atoms with Crippen LogP contribution in [-0.4, -0.2) is 55.8 Å². The molecule has 0 saturated carbocycles. The number of carbonyl (C=O) groups excluding carboxylic acids is 2. The van der Waals surface area contributed by atoms with E-state index in [4.69, 9.17) is 16.3 Å². The quantitative estimate of drug-likeness (QED) is 0.614. The molecule has 2 rings (SSSR count). The fourth-order valence-corrected chi connectivity index (χ4v) is 5.13. The third kappa shape index (κ3) is 6.65. The molecule has 1 aliphatic heterocycles. The Hall–Kier alpha value is -1.29. The Morgan fingerprint density at radius 1 is 1.18 bits per heavy atom. The van der Waals surface area contributed by atoms with Crippen LogP contribution in [0.2, 0.25) is 5.02 Å². The molecule has 0 aromatic heterocycles. The fraction of sp³-hybridized carbons (Fsp3) is 0.556. The van der Waals surface area contributed by atoms with Gasteiger partial charge in [0.05, 0.1) is 33.7 Å². The maximum atomic E-state index is 12.9. The molecule has 1 saturated heterocycles. The summed E-state index contributed by atoms with van der Waals surface area (Å²) in [6.07, 6.45) is 3.73. The number of ether oxygens (including phenoxy) is 1. The van der Waals surface area contributed by atoms with Crippen LogP contribution in [0.15, 0.2) is 23.1 Å². The van der Waals surface area contributed by atoms with Crippen LogP contribution >= 0.6 is 23.4 Å². The number of halogens is 1. The van der Waals surface area contributed by atoms with E-state index in [1.807, 2.05) is 0 Å². The van der Waals surface area contributed by atoms with Crippen LogP contribution in [0.25, 0.3) is 0 Å². The molecule has 156 valence electrons. The van der Waals surface area contributed by atoms with Gasteiger partial charge in [0, 0.05) is 13.1 Å². The molecular formula is C18H25ClN2O5S2. The number of esters is 1. The maximum Gasteiger partial charge on any atom is 0.315 e. The van der Waals surface area contributed by atoms with Crippen molar-refractivity contribution in [2.75, 3.05) is 36.5 Å². The summed E-state index contributed by atoms with van der Waals surface area (Å²) in [5.74, 6) is -0.666. The summed E-state index contributed by atoms with van der Waals surface area (Å²) in [7, 11) is -3.64. The summed E-state index contributed by atoms with van der Waals surface area (Å²) in [5, 5.41) is 2.87. The van der Waals surface area contributed by atoms with Gasteiger partial charge in [0.1, 0.15) is 0 Å². The minimum atomic E-state index is -3.64. The van der Waals surface area contributed by atoms with Crippen molar-refractivity contribution in [1.82, 2.24) is 4.31 Å². The molecule has 0 aliphatic carbocycles. The summed E-state index contributed by atoms with van der Waals surface area (Å²) >= 11 is 7.24. The predicted octanol–water partition coefficient (Wildman–Crippen LogP) is 3.14. The van der Waals surface area contributed by atoms with Crippen molar-refractivity contribution in [3.63, 3.8) is 0 Å². The Morgan fingerprint density at radius 3 is 2.50 bits per heavy atom. The van der Waals surface area contributed by atoms with Crippen molar-refractivity contribution >= 4 is 50.9 Å². The van der Waals surface area contributed by atoms with E-state index in [0.717, 1.165) is 37.4 Å². The highest BCUT2D eigenvalue weighted by Crippen LogP contribution is 2.28. The molecular weight excluding hydrogens is 424 g/mol. The van der Waals surface area contributed by atoms with E-state index >= 15 is 0 Å². The number of hydrogen-bond acceptors (Lipinski definition) is 6. The molecule has 7 nitrogen and oxygen atoms in total. The van der Waals surface area contributed by atoms with Crippen LogP contribution in [0.1, 0.15) is 32.6 Å². The number of amides is 1. The van der Waals surface area contributed by atoms with Gasteiger partial charge in [0.25, 0.3) is 0 Å². The summed E-state index contributed by atoms with van der Waals surface area (Å²) in [6, 6.07) is 4.30. The molecule has 1 amide bonds. The molecule has 0 spiro atoms. The van der Waals surface area contributed by atoms with Crippen molar-refractivity contribution in [2.24, 2.45) is 0 Å². The van der Waals surface area contributed by atoms with Crippen molar-refractivity contribution < 1.29 is 22.7 Å². The van der Waals surface area contributed by atoms with Crippen molar-refractivity contribution in [3.8, 4) is 0 Å². The molecule has 0 atom stereocenters. The first-order chi connectivity index (χ1) is 13.3. The molecule has 10 heteroatoms. The van der Waals surface area contributed by atoms with E-state index < -0.39 is 10.0 Å². The van der Waals surface area contributed by atoms with Gasteiger partial charge in [-0.05, 0) is 38.0 Å². The third-order valence-electron chi connectivity index (χ3n) is 4.17. The van der Waals surface area contributed by atoms with Gasteiger partial charge in [-0.25, -0.2) is 8.42 Å². The summed E-state index contributed by atoms with van der Waals surface area (Å²) < 4.78 is 32.1. The Kier molecular flexibility index (Phi) is 9.07. The van der Waals surface area contributed by atoms with E-state index in [9.17, 15) is 18.0 Å². The molecule has 0 unspecified atom stereocenters. The largest absolute Gasteiger partial charge is 0.465 e. The van der Waals surface area contributed by atoms with Crippen molar-refractivity contribution in [1.29, 1.82) is 0 Å². The van der Waals surface area contributed by atoms with E-state index in [2.05, 4.69) is 5.32 Å². The Bertz CT molecular complexity index is 793. The highest BCUT2D eigenvalue weighted by Gasteiger charge is 2.26. The number of carbonyl (C=O) groups is 2. The smallest absolute Gasteiger partial charge is 0.315 e. The first-order valence-electron chi connectivity index (χ1n) is 9.17. The van der Waals surface area contributed by atoms with Gasteiger partial charge in [-0.15, -0.1) is 11.8 Å². The van der Waals surface area contributed by atoms with Gasteiger partial charge in [0.2, 0.25) is 15.9 Å². The van der Waals surface area contributed by atoms with Gasteiger partial charge in [-0.3, -0.25) is 9.59 Å². The maximum absolute atomic E-state index is 12.9. The van der Waals surface area contributed by atoms with Gasteiger partial charge >= 0.3 is 5.97 Å². The second kappa shape index (κ2) is 11.0. The Morgan fingerprint density at radius 2 is 1.86 bits per heavy atom. The Labute approximate surface area is 175 Å². The number of benzene rings is 1. The minimum absolute atomic E-state index is 0.0260. The zero-order valence-electron chi connectivity index (χ0n) is 15.8. The van der Waals surface area contributed by atoms with Crippen LogP contribution in [0.3, 0.4) is 0 Å². The zero-order chi connectivity index (χ0) is 20.6. The highest BCUT2D eigenvalue weighted by atomic mass is 35.5. The number of hydrogen-bond donors (Lipinski definition) is 1. The topological polar surface area (TPSA) is 92.8 Å². The average molecular weight is 449 g/mol. The van der Waals surface area contributed by atoms with Crippen molar-refractivity contribution in [2.45, 2.75) is 37.5 Å². The first kappa shape index (κ1) is 23.0. The molecule has 28 heavy (non-hydrogen) atoms. The third-order valence-corrected chi connectivity index (χ3v) is 7.30. The molecule has 1 heterocycles. The number of nitrogens with one attached hydrogen (secondary N) is 1. The van der Waals surface area contributed by atoms with Gasteiger partial charge in [-0.1, -0.05) is 24.4 Å². The number of rotatable bonds is 8. The van der Waals surface area contributed by atoms with E-state index in [1.165, 1.54) is 22.5 Å². The normalized spacial score (nSPS) is 15.6. The van der Waals surface area contributed by atoms with E-state index in [0.29, 0.717) is 19.7 Å². The van der Waals surface area contributed by atoms with Crippen molar-refractivity contribution in [3.05, 3.63) is 23.2 Å². The van der Waals surface area contributed by atoms with Gasteiger partial charge in [-0.2, -0.15) is 4.31 Å². The van der Waals surface area contributed by atoms with E-state index in [-0.39, 0.29) is 39.0 Å². The number of thioether (sulfide) groups is 1. The summed E-state index contributed by atoms with van der Waals surface area (Å²) in [4.78, 5) is 23.5. The van der Waals surface area contributed by atoms with Crippen LogP contribution < -0.4 is 5.32 Å². The molecule has 1 aliphatic rings. The number of nitrogens with zero attached hydrogens (tertiary/aromatic N) is 1. The molecule has 1 aromatic carbocycles. The summed E-state index contributed by atoms with van der Waals surface area (Å²) in [5.41, 5.74) is 0.235. The zero-order valence-corrected chi connectivity index (χ0v) is 18.2. The second-order valence-electron chi connectivity index (χ2n) is 6.31. The summed E-state index contributed by atoms with van der Waals surface area (Å²) in [6.45, 7) is 3.00. The molecule has 0 bridgehead atoms. The van der Waals surface area contributed by atoms with Crippen LogP contribution in [-0.2, 0) is 24.3 Å². The monoisotopic (exact) mass is 448 g/mol. The SMILES string of the molecule is CCOC(=O)CSCC(=O)Nc1cc(S(=O)(=O)N2CCCCCC2)ccc1Cl. The lowest BCUT2D eigenvalue weighted by Gasteiger charge is -2.20. The average Bonchev–Trinajstić information content (AvgIpc) is 2.93. The second-order valence-corrected chi connectivity index (χ2v) is 9.64. The lowest BCUT2D eigenvalue weighted by molar-refractivity contribution is -0.139. The Balaban J connectivity index is 2.04. The van der Waals surface area contributed by atoms with E-state index in [1.54, 1.807) is 6.92 Å². The standard InChI is InChI=1S/C18H25ClN2O5S2/c1-2-26-18(23)13-27-12-17(22)20-16-11-14(7-8-15(16)19)28(24,25)21-9-5-3-4-6-10-21/h7-8,11H,2-6,9-10,12-13H2,1H3,(H,20,22). The molecule has 0 radical (unpaired) electrons. The number of sulfonamides is 1. The van der Waals surface area contributed by atoms with Gasteiger partial charge in [0.15, 0.2) is 0 Å². The fourth-order valence-electron chi connectivity index (χ4n) is 2.81. The lowest BCUT2D eigenvalue weighted by atomic mass is 10.2. The minimum Gasteiger partial charge on any atom is -0.465 e. The first-order valence-corrected chi connectivity index (χ1v) is 12.1. The lowest BCUT2D eigenvalue weighted by Crippen LogP contribution is -2.32. The molecule has 1 fully saturated rings. The van der Waals surface area contributed by atoms with Crippen LogP contribution in [0.4, 0.5) is 5.69 Å². The van der Waals surface area contributed by atoms with Gasteiger partial charge < -0.3 is 10.1 Å². The van der Waals surface area contributed by atoms with Crippen LogP contribution in [0, 0.1) is 0 Å². The highest BCUT2D eigenvalue weighted by molar-refractivity contribution is 8.00.